The number of carbonyl (C=O) groups is 1. The van der Waals surface area contributed by atoms with E-state index in [2.05, 4.69) is 12.2 Å². The predicted octanol–water partition coefficient (Wildman–Crippen LogP) is 4.97. The van der Waals surface area contributed by atoms with Crippen LogP contribution in [0.1, 0.15) is 56.6 Å². The molecule has 0 aliphatic heterocycles. The predicted molar refractivity (Wildman–Crippen MR) is 93.4 cm³/mol. The summed E-state index contributed by atoms with van der Waals surface area (Å²) in [5, 5.41) is 3.12. The van der Waals surface area contributed by atoms with E-state index in [1.165, 1.54) is 44.6 Å². The highest BCUT2D eigenvalue weighted by atomic mass is 19.4. The second-order valence-corrected chi connectivity index (χ2v) is 8.94. The molecular weight excluding hydrogens is 339 g/mol. The highest BCUT2D eigenvalue weighted by Crippen LogP contribution is 2.61. The molecule has 5 rings (SSSR count). The summed E-state index contributed by atoms with van der Waals surface area (Å²) >= 11 is 0. The molecule has 0 spiro atoms. The van der Waals surface area contributed by atoms with E-state index in [-0.39, 0.29) is 23.8 Å². The van der Waals surface area contributed by atoms with Gasteiger partial charge in [0, 0.05) is 6.04 Å². The number of hydrogen-bond donors (Lipinski definition) is 1. The second kappa shape index (κ2) is 6.28. The number of alkyl halides is 3. The molecule has 0 saturated heterocycles. The summed E-state index contributed by atoms with van der Waals surface area (Å²) in [6.07, 6.45) is 3.27. The Hall–Kier alpha value is -1.52. The lowest BCUT2D eigenvalue weighted by Gasteiger charge is -2.59. The van der Waals surface area contributed by atoms with Gasteiger partial charge in [-0.25, -0.2) is 0 Å². The summed E-state index contributed by atoms with van der Waals surface area (Å²) in [6.45, 7) is 2.09. The molecule has 4 aliphatic carbocycles. The molecule has 4 saturated carbocycles. The van der Waals surface area contributed by atoms with Crippen molar-refractivity contribution in [3.8, 4) is 0 Å². The first-order valence-corrected chi connectivity index (χ1v) is 9.69. The van der Waals surface area contributed by atoms with E-state index in [0.29, 0.717) is 5.56 Å². The molecule has 1 aromatic rings. The van der Waals surface area contributed by atoms with E-state index in [1.54, 1.807) is 6.07 Å². The Labute approximate surface area is 152 Å². The van der Waals surface area contributed by atoms with E-state index in [1.807, 2.05) is 0 Å². The van der Waals surface area contributed by atoms with E-state index >= 15 is 0 Å². The zero-order valence-electron chi connectivity index (χ0n) is 15.1. The van der Waals surface area contributed by atoms with Gasteiger partial charge in [0.15, 0.2) is 0 Å². The summed E-state index contributed by atoms with van der Waals surface area (Å²) in [7, 11) is 0. The topological polar surface area (TPSA) is 29.1 Å². The van der Waals surface area contributed by atoms with Gasteiger partial charge in [0.05, 0.1) is 12.0 Å². The molecule has 0 unspecified atom stereocenters. The van der Waals surface area contributed by atoms with Crippen molar-refractivity contribution in [3.63, 3.8) is 0 Å². The van der Waals surface area contributed by atoms with E-state index in [9.17, 15) is 18.0 Å². The van der Waals surface area contributed by atoms with Crippen LogP contribution in [0, 0.1) is 23.2 Å². The maximum absolute atomic E-state index is 12.8. The van der Waals surface area contributed by atoms with E-state index in [0.717, 1.165) is 29.9 Å². The van der Waals surface area contributed by atoms with Crippen molar-refractivity contribution in [1.82, 2.24) is 5.32 Å². The molecule has 0 heterocycles. The average Bonchev–Trinajstić information content (AvgIpc) is 2.52. The number of rotatable bonds is 4. The zero-order chi connectivity index (χ0) is 18.5. The molecule has 1 atom stereocenters. The summed E-state index contributed by atoms with van der Waals surface area (Å²) < 4.78 is 38.5. The summed E-state index contributed by atoms with van der Waals surface area (Å²) in [5.74, 6) is 2.25. The fraction of sp³-hybridized carbons (Fsp3) is 0.667. The monoisotopic (exact) mass is 365 g/mol. The standard InChI is InChI=1S/C21H26F3NO/c1-13(20-10-15-5-16(11-20)7-17(6-15)12-20)25-19(26)9-14-3-2-4-18(8-14)21(22,23)24/h2-4,8,13,15-17H,5-7,9-12H2,1H3,(H,25,26)/t13-,15?,16?,17?,20?/m0/s1. The van der Waals surface area contributed by atoms with Gasteiger partial charge in [-0.2, -0.15) is 13.2 Å². The second-order valence-electron chi connectivity index (χ2n) is 8.94. The lowest BCUT2D eigenvalue weighted by molar-refractivity contribution is -0.137. The van der Waals surface area contributed by atoms with Crippen LogP contribution in [-0.4, -0.2) is 11.9 Å². The quantitative estimate of drug-likeness (QED) is 0.802. The molecule has 142 valence electrons. The maximum atomic E-state index is 12.8. The van der Waals surface area contributed by atoms with Gasteiger partial charge in [0.1, 0.15) is 0 Å². The van der Waals surface area contributed by atoms with Gasteiger partial charge in [-0.3, -0.25) is 4.79 Å². The van der Waals surface area contributed by atoms with Crippen LogP contribution < -0.4 is 5.32 Å². The Morgan fingerprint density at radius 2 is 1.73 bits per heavy atom. The van der Waals surface area contributed by atoms with Crippen LogP contribution in [-0.2, 0) is 17.4 Å². The molecule has 0 aromatic heterocycles. The van der Waals surface area contributed by atoms with Crippen LogP contribution in [0.2, 0.25) is 0 Å². The summed E-state index contributed by atoms with van der Waals surface area (Å²) in [5.41, 5.74) is -0.0786. The molecule has 1 N–H and O–H groups in total. The molecular formula is C21H26F3NO. The van der Waals surface area contributed by atoms with E-state index in [4.69, 9.17) is 0 Å². The van der Waals surface area contributed by atoms with Gasteiger partial charge in [-0.15, -0.1) is 0 Å². The SMILES string of the molecule is C[C@H](NC(=O)Cc1cccc(C(F)(F)F)c1)C12CC3CC(CC(C3)C1)C2. The van der Waals surface area contributed by atoms with Crippen LogP contribution in [0.4, 0.5) is 13.2 Å². The molecule has 1 aromatic carbocycles. The van der Waals surface area contributed by atoms with Crippen molar-refractivity contribution in [2.24, 2.45) is 23.2 Å². The number of hydrogen-bond acceptors (Lipinski definition) is 1. The van der Waals surface area contributed by atoms with Crippen molar-refractivity contribution >= 4 is 5.91 Å². The first kappa shape index (κ1) is 17.9. The fourth-order valence-corrected chi connectivity index (χ4v) is 6.20. The van der Waals surface area contributed by atoms with Gasteiger partial charge in [0.25, 0.3) is 0 Å². The van der Waals surface area contributed by atoms with Gasteiger partial charge in [-0.05, 0) is 80.2 Å². The fourth-order valence-electron chi connectivity index (χ4n) is 6.20. The minimum atomic E-state index is -4.38. The third-order valence-electron chi connectivity index (χ3n) is 7.00. The minimum Gasteiger partial charge on any atom is -0.353 e. The first-order valence-electron chi connectivity index (χ1n) is 9.69. The Balaban J connectivity index is 1.41. The normalized spacial score (nSPS) is 33.9. The Bertz CT molecular complexity index is 661. The molecule has 26 heavy (non-hydrogen) atoms. The Morgan fingerprint density at radius 3 is 2.27 bits per heavy atom. The summed E-state index contributed by atoms with van der Waals surface area (Å²) in [6, 6.07) is 5.17. The number of benzene rings is 1. The molecule has 4 fully saturated rings. The lowest BCUT2D eigenvalue weighted by atomic mass is 9.48. The van der Waals surface area contributed by atoms with Crippen molar-refractivity contribution in [2.45, 2.75) is 64.1 Å². The largest absolute Gasteiger partial charge is 0.416 e. The highest BCUT2D eigenvalue weighted by Gasteiger charge is 2.53. The lowest BCUT2D eigenvalue weighted by Crippen LogP contribution is -2.56. The molecule has 4 aliphatic rings. The third-order valence-corrected chi connectivity index (χ3v) is 7.00. The molecule has 1 amide bonds. The van der Waals surface area contributed by atoms with Crippen LogP contribution in [0.25, 0.3) is 0 Å². The zero-order valence-corrected chi connectivity index (χ0v) is 15.1. The Kier molecular flexibility index (Phi) is 4.31. The highest BCUT2D eigenvalue weighted by molar-refractivity contribution is 5.79. The van der Waals surface area contributed by atoms with Crippen molar-refractivity contribution in [3.05, 3.63) is 35.4 Å². The van der Waals surface area contributed by atoms with Crippen molar-refractivity contribution in [1.29, 1.82) is 0 Å². The average molecular weight is 365 g/mol. The molecule has 4 bridgehead atoms. The first-order chi connectivity index (χ1) is 12.2. The van der Waals surface area contributed by atoms with Crippen molar-refractivity contribution in [2.75, 3.05) is 0 Å². The van der Waals surface area contributed by atoms with Crippen LogP contribution in [0.5, 0.6) is 0 Å². The Morgan fingerprint density at radius 1 is 1.15 bits per heavy atom. The number of halogens is 3. The molecule has 5 heteroatoms. The van der Waals surface area contributed by atoms with Gasteiger partial charge in [0.2, 0.25) is 5.91 Å². The van der Waals surface area contributed by atoms with Crippen LogP contribution in [0.3, 0.4) is 0 Å². The van der Waals surface area contributed by atoms with Gasteiger partial charge in [-0.1, -0.05) is 18.2 Å². The van der Waals surface area contributed by atoms with Crippen LogP contribution in [0.15, 0.2) is 24.3 Å². The number of amides is 1. The number of nitrogens with one attached hydrogen (secondary N) is 1. The third kappa shape index (κ3) is 3.37. The number of carbonyl (C=O) groups excluding carboxylic acids is 1. The molecule has 2 nitrogen and oxygen atoms in total. The van der Waals surface area contributed by atoms with Gasteiger partial charge < -0.3 is 5.32 Å². The van der Waals surface area contributed by atoms with Gasteiger partial charge >= 0.3 is 6.18 Å². The van der Waals surface area contributed by atoms with E-state index < -0.39 is 11.7 Å². The van der Waals surface area contributed by atoms with Crippen LogP contribution >= 0.6 is 0 Å². The molecule has 0 radical (unpaired) electrons. The smallest absolute Gasteiger partial charge is 0.353 e. The maximum Gasteiger partial charge on any atom is 0.416 e. The minimum absolute atomic E-state index is 0.000621. The summed E-state index contributed by atoms with van der Waals surface area (Å²) in [4.78, 5) is 12.5. The van der Waals surface area contributed by atoms with Crippen molar-refractivity contribution < 1.29 is 18.0 Å².